The van der Waals surface area contributed by atoms with E-state index in [9.17, 15) is 4.79 Å². The molecule has 1 atom stereocenters. The standard InChI is InChI=1S/C22H31N5O2/c1-2-29-22(28)26-14-12-25(13-15-26)20-7-4-10-24(17-20)18-21-8-5-11-27(21)19-6-3-9-23-16-19/h3,5-6,8-9,11,16,20H,2,4,7,10,12-15,17-18H2,1H3/t20-/m0/s1. The van der Waals surface area contributed by atoms with Crippen LogP contribution < -0.4 is 0 Å². The molecule has 0 aromatic carbocycles. The van der Waals surface area contributed by atoms with E-state index in [2.05, 4.69) is 43.7 Å². The highest BCUT2D eigenvalue weighted by molar-refractivity contribution is 5.67. The third-order valence-electron chi connectivity index (χ3n) is 5.98. The summed E-state index contributed by atoms with van der Waals surface area (Å²) in [6.07, 6.45) is 8.11. The Morgan fingerprint density at radius 3 is 2.79 bits per heavy atom. The van der Waals surface area contributed by atoms with Crippen LogP contribution in [0.3, 0.4) is 0 Å². The molecule has 2 aliphatic rings. The van der Waals surface area contributed by atoms with E-state index in [4.69, 9.17) is 4.74 Å². The molecule has 7 nitrogen and oxygen atoms in total. The van der Waals surface area contributed by atoms with Gasteiger partial charge < -0.3 is 14.2 Å². The molecule has 2 saturated heterocycles. The number of carbonyl (C=O) groups is 1. The number of carbonyl (C=O) groups excluding carboxylic acids is 1. The number of hydrogen-bond donors (Lipinski definition) is 0. The van der Waals surface area contributed by atoms with Crippen molar-refractivity contribution in [1.29, 1.82) is 0 Å². The van der Waals surface area contributed by atoms with E-state index in [-0.39, 0.29) is 6.09 Å². The van der Waals surface area contributed by atoms with E-state index >= 15 is 0 Å². The number of likely N-dealkylation sites (tertiary alicyclic amines) is 1. The fourth-order valence-electron chi connectivity index (χ4n) is 4.48. The average molecular weight is 398 g/mol. The molecule has 7 heteroatoms. The normalized spacial score (nSPS) is 21.3. The van der Waals surface area contributed by atoms with Crippen LogP contribution in [0.2, 0.25) is 0 Å². The second-order valence-corrected chi connectivity index (χ2v) is 7.83. The molecule has 2 aromatic heterocycles. The zero-order valence-corrected chi connectivity index (χ0v) is 17.2. The van der Waals surface area contributed by atoms with Crippen molar-refractivity contribution in [1.82, 2.24) is 24.3 Å². The van der Waals surface area contributed by atoms with Crippen molar-refractivity contribution < 1.29 is 9.53 Å². The summed E-state index contributed by atoms with van der Waals surface area (Å²) >= 11 is 0. The van der Waals surface area contributed by atoms with Crippen LogP contribution in [-0.4, -0.2) is 82.3 Å². The van der Waals surface area contributed by atoms with Gasteiger partial charge in [0.1, 0.15) is 0 Å². The van der Waals surface area contributed by atoms with Crippen molar-refractivity contribution in [2.24, 2.45) is 0 Å². The topological polar surface area (TPSA) is 53.8 Å². The molecule has 0 saturated carbocycles. The second-order valence-electron chi connectivity index (χ2n) is 7.83. The lowest BCUT2D eigenvalue weighted by Gasteiger charge is -2.43. The third-order valence-corrected chi connectivity index (χ3v) is 5.98. The summed E-state index contributed by atoms with van der Waals surface area (Å²) in [6.45, 7) is 8.86. The van der Waals surface area contributed by atoms with Crippen molar-refractivity contribution in [3.05, 3.63) is 48.5 Å². The fraction of sp³-hybridized carbons (Fsp3) is 0.545. The lowest BCUT2D eigenvalue weighted by molar-refractivity contribution is 0.0409. The van der Waals surface area contributed by atoms with Gasteiger partial charge >= 0.3 is 6.09 Å². The highest BCUT2D eigenvalue weighted by Gasteiger charge is 2.30. The van der Waals surface area contributed by atoms with E-state index < -0.39 is 0 Å². The summed E-state index contributed by atoms with van der Waals surface area (Å²) in [5.41, 5.74) is 2.40. The minimum Gasteiger partial charge on any atom is -0.450 e. The smallest absolute Gasteiger partial charge is 0.409 e. The maximum Gasteiger partial charge on any atom is 0.409 e. The van der Waals surface area contributed by atoms with Gasteiger partial charge in [-0.05, 0) is 50.6 Å². The van der Waals surface area contributed by atoms with Gasteiger partial charge in [-0.3, -0.25) is 14.8 Å². The number of piperidine rings is 1. The summed E-state index contributed by atoms with van der Waals surface area (Å²) in [5, 5.41) is 0. The number of nitrogens with zero attached hydrogens (tertiary/aromatic N) is 5. The molecular formula is C22H31N5O2. The highest BCUT2D eigenvalue weighted by Crippen LogP contribution is 2.21. The van der Waals surface area contributed by atoms with Crippen LogP contribution >= 0.6 is 0 Å². The van der Waals surface area contributed by atoms with Gasteiger partial charge in [-0.25, -0.2) is 4.79 Å². The molecule has 2 aliphatic heterocycles. The Morgan fingerprint density at radius 2 is 2.03 bits per heavy atom. The molecule has 0 aliphatic carbocycles. The van der Waals surface area contributed by atoms with Gasteiger partial charge in [0.15, 0.2) is 0 Å². The summed E-state index contributed by atoms with van der Waals surface area (Å²) in [4.78, 5) is 23.1. The third kappa shape index (κ3) is 4.79. The molecule has 29 heavy (non-hydrogen) atoms. The maximum absolute atomic E-state index is 11.9. The van der Waals surface area contributed by atoms with Crippen LogP contribution in [0, 0.1) is 0 Å². The van der Waals surface area contributed by atoms with E-state index in [1.54, 1.807) is 0 Å². The van der Waals surface area contributed by atoms with Crippen molar-refractivity contribution in [3.63, 3.8) is 0 Å². The molecular weight excluding hydrogens is 366 g/mol. The summed E-state index contributed by atoms with van der Waals surface area (Å²) in [6, 6.07) is 8.95. The lowest BCUT2D eigenvalue weighted by Crippen LogP contribution is -2.55. The number of ether oxygens (including phenoxy) is 1. The lowest BCUT2D eigenvalue weighted by atomic mass is 10.0. The Bertz CT molecular complexity index is 786. The zero-order chi connectivity index (χ0) is 20.1. The monoisotopic (exact) mass is 397 g/mol. The molecule has 0 spiro atoms. The molecule has 0 radical (unpaired) electrons. The Morgan fingerprint density at radius 1 is 1.17 bits per heavy atom. The Labute approximate surface area is 172 Å². The van der Waals surface area contributed by atoms with Crippen LogP contribution in [0.15, 0.2) is 42.9 Å². The number of amides is 1. The first-order valence-corrected chi connectivity index (χ1v) is 10.7. The van der Waals surface area contributed by atoms with Gasteiger partial charge in [0.25, 0.3) is 0 Å². The fourth-order valence-corrected chi connectivity index (χ4v) is 4.48. The Hall–Kier alpha value is -2.38. The number of aromatic nitrogens is 2. The van der Waals surface area contributed by atoms with E-state index in [1.807, 2.05) is 30.3 Å². The second kappa shape index (κ2) is 9.41. The van der Waals surface area contributed by atoms with E-state index in [0.29, 0.717) is 12.6 Å². The number of rotatable bonds is 5. The van der Waals surface area contributed by atoms with Crippen molar-refractivity contribution >= 4 is 6.09 Å². The van der Waals surface area contributed by atoms with Crippen molar-refractivity contribution in [2.75, 3.05) is 45.9 Å². The Balaban J connectivity index is 1.33. The molecule has 4 rings (SSSR count). The van der Waals surface area contributed by atoms with E-state index in [1.165, 1.54) is 18.5 Å². The minimum absolute atomic E-state index is 0.173. The molecule has 2 aromatic rings. The quantitative estimate of drug-likeness (QED) is 0.776. The molecule has 1 amide bonds. The highest BCUT2D eigenvalue weighted by atomic mass is 16.6. The summed E-state index contributed by atoms with van der Waals surface area (Å²) in [7, 11) is 0. The first-order chi connectivity index (χ1) is 14.2. The van der Waals surface area contributed by atoms with Gasteiger partial charge in [0, 0.05) is 63.4 Å². The molecule has 0 N–H and O–H groups in total. The van der Waals surface area contributed by atoms with Crippen LogP contribution in [0.4, 0.5) is 4.79 Å². The SMILES string of the molecule is CCOC(=O)N1CCN([C@H]2CCCN(Cc3cccn3-c3cccnc3)C2)CC1. The molecule has 156 valence electrons. The van der Waals surface area contributed by atoms with Crippen molar-refractivity contribution in [2.45, 2.75) is 32.4 Å². The predicted molar refractivity (Wildman–Crippen MR) is 112 cm³/mol. The average Bonchev–Trinajstić information content (AvgIpc) is 3.23. The van der Waals surface area contributed by atoms with Gasteiger partial charge in [0.05, 0.1) is 18.5 Å². The minimum atomic E-state index is -0.173. The molecule has 4 heterocycles. The van der Waals surface area contributed by atoms with Gasteiger partial charge in [0.2, 0.25) is 0 Å². The van der Waals surface area contributed by atoms with Gasteiger partial charge in [-0.15, -0.1) is 0 Å². The van der Waals surface area contributed by atoms with Crippen LogP contribution in [0.5, 0.6) is 0 Å². The number of pyridine rings is 1. The number of hydrogen-bond acceptors (Lipinski definition) is 5. The molecule has 0 bridgehead atoms. The van der Waals surface area contributed by atoms with Crippen LogP contribution in [0.25, 0.3) is 5.69 Å². The van der Waals surface area contributed by atoms with Crippen LogP contribution in [-0.2, 0) is 11.3 Å². The molecule has 0 unspecified atom stereocenters. The largest absolute Gasteiger partial charge is 0.450 e. The number of piperazine rings is 1. The first kappa shape index (κ1) is 19.9. The van der Waals surface area contributed by atoms with Gasteiger partial charge in [-0.2, -0.15) is 0 Å². The summed E-state index contributed by atoms with van der Waals surface area (Å²) in [5.74, 6) is 0. The zero-order valence-electron chi connectivity index (χ0n) is 17.2. The van der Waals surface area contributed by atoms with Crippen molar-refractivity contribution in [3.8, 4) is 5.69 Å². The predicted octanol–water partition coefficient (Wildman–Crippen LogP) is 2.61. The van der Waals surface area contributed by atoms with Crippen LogP contribution in [0.1, 0.15) is 25.5 Å². The summed E-state index contributed by atoms with van der Waals surface area (Å²) < 4.78 is 7.37. The Kier molecular flexibility index (Phi) is 6.46. The molecule has 2 fully saturated rings. The van der Waals surface area contributed by atoms with Gasteiger partial charge in [-0.1, -0.05) is 0 Å². The maximum atomic E-state index is 11.9. The van der Waals surface area contributed by atoms with E-state index in [0.717, 1.165) is 51.5 Å². The first-order valence-electron chi connectivity index (χ1n) is 10.7.